The van der Waals surface area contributed by atoms with Gasteiger partial charge in [0.15, 0.2) is 5.76 Å². The highest BCUT2D eigenvalue weighted by Gasteiger charge is 2.17. The van der Waals surface area contributed by atoms with Crippen LogP contribution in [0.5, 0.6) is 17.2 Å². The summed E-state index contributed by atoms with van der Waals surface area (Å²) in [6.45, 7) is 0.513. The number of carbonyl (C=O) groups is 1. The van der Waals surface area contributed by atoms with Crippen molar-refractivity contribution in [1.82, 2.24) is 4.90 Å². The lowest BCUT2D eigenvalue weighted by Gasteiger charge is -2.17. The Hall–Kier alpha value is -3.74. The molecule has 0 saturated heterocycles. The molecule has 0 aliphatic carbocycles. The van der Waals surface area contributed by atoms with Crippen LogP contribution in [0.4, 0.5) is 0 Å². The summed E-state index contributed by atoms with van der Waals surface area (Å²) in [6.07, 6.45) is 1.17. The maximum Gasteiger partial charge on any atom is 0.289 e. The molecular formula is C23H23NO6. The Morgan fingerprint density at radius 3 is 2.23 bits per heavy atom. The van der Waals surface area contributed by atoms with Crippen LogP contribution in [0, 0.1) is 0 Å². The number of rotatable bonds is 8. The molecule has 0 bridgehead atoms. The molecule has 7 heteroatoms. The predicted octanol–water partition coefficient (Wildman–Crippen LogP) is 3.51. The number of methoxy groups -OCH3 is 2. The van der Waals surface area contributed by atoms with E-state index in [4.69, 9.17) is 18.6 Å². The molecule has 30 heavy (non-hydrogen) atoms. The van der Waals surface area contributed by atoms with Gasteiger partial charge in [0, 0.05) is 25.7 Å². The van der Waals surface area contributed by atoms with E-state index in [1.807, 2.05) is 42.5 Å². The molecule has 2 aromatic carbocycles. The van der Waals surface area contributed by atoms with Crippen molar-refractivity contribution in [1.29, 1.82) is 0 Å². The molecule has 7 nitrogen and oxygen atoms in total. The minimum atomic E-state index is -0.427. The van der Waals surface area contributed by atoms with Crippen molar-refractivity contribution in [2.24, 2.45) is 0 Å². The van der Waals surface area contributed by atoms with Crippen LogP contribution in [0.3, 0.4) is 0 Å². The van der Waals surface area contributed by atoms with E-state index in [2.05, 4.69) is 0 Å². The summed E-state index contributed by atoms with van der Waals surface area (Å²) in [5.41, 5.74) is 1.31. The third-order valence-corrected chi connectivity index (χ3v) is 4.42. The van der Waals surface area contributed by atoms with E-state index in [-0.39, 0.29) is 24.7 Å². The Labute approximate surface area is 174 Å². The number of carbonyl (C=O) groups excluding carboxylic acids is 1. The van der Waals surface area contributed by atoms with Gasteiger partial charge in [-0.3, -0.25) is 9.59 Å². The number of ether oxygens (including phenoxy) is 3. The standard InChI is InChI=1S/C23H23NO6/c1-24(13-17-9-18(27-2)11-19(10-17)28-3)23(26)21-12-20(25)22(15-30-21)29-14-16-7-5-4-6-8-16/h4-12,15H,13-14H2,1-3H3. The zero-order valence-corrected chi connectivity index (χ0v) is 17.1. The summed E-state index contributed by atoms with van der Waals surface area (Å²) in [4.78, 5) is 26.5. The van der Waals surface area contributed by atoms with Crippen LogP contribution in [0.25, 0.3) is 0 Å². The van der Waals surface area contributed by atoms with Crippen LogP contribution in [-0.4, -0.2) is 32.1 Å². The van der Waals surface area contributed by atoms with Crippen molar-refractivity contribution in [2.75, 3.05) is 21.3 Å². The molecule has 0 aliphatic rings. The molecule has 0 radical (unpaired) electrons. The van der Waals surface area contributed by atoms with Gasteiger partial charge in [-0.15, -0.1) is 0 Å². The average Bonchev–Trinajstić information content (AvgIpc) is 2.78. The van der Waals surface area contributed by atoms with Crippen molar-refractivity contribution >= 4 is 5.91 Å². The Morgan fingerprint density at radius 2 is 1.63 bits per heavy atom. The van der Waals surface area contributed by atoms with Crippen LogP contribution in [0.2, 0.25) is 0 Å². The van der Waals surface area contributed by atoms with Crippen molar-refractivity contribution in [3.8, 4) is 17.2 Å². The van der Waals surface area contributed by atoms with Gasteiger partial charge in [0.05, 0.1) is 14.2 Å². The van der Waals surface area contributed by atoms with Crippen molar-refractivity contribution in [3.05, 3.63) is 88.0 Å². The van der Waals surface area contributed by atoms with Crippen LogP contribution >= 0.6 is 0 Å². The Balaban J connectivity index is 1.69. The first kappa shape index (κ1) is 21.0. The Kier molecular flexibility index (Phi) is 6.75. The molecule has 3 aromatic rings. The normalized spacial score (nSPS) is 10.4. The fourth-order valence-corrected chi connectivity index (χ4v) is 2.84. The van der Waals surface area contributed by atoms with E-state index in [9.17, 15) is 9.59 Å². The highest BCUT2D eigenvalue weighted by atomic mass is 16.5. The highest BCUT2D eigenvalue weighted by molar-refractivity contribution is 5.91. The summed E-state index contributed by atoms with van der Waals surface area (Å²) in [7, 11) is 4.74. The average molecular weight is 409 g/mol. The van der Waals surface area contributed by atoms with Gasteiger partial charge in [-0.05, 0) is 23.3 Å². The monoisotopic (exact) mass is 409 g/mol. The molecule has 0 N–H and O–H groups in total. The van der Waals surface area contributed by atoms with E-state index in [1.54, 1.807) is 27.3 Å². The fourth-order valence-electron chi connectivity index (χ4n) is 2.84. The molecule has 0 aliphatic heterocycles. The maximum atomic E-state index is 12.7. The zero-order valence-electron chi connectivity index (χ0n) is 17.1. The van der Waals surface area contributed by atoms with Crippen LogP contribution in [0.15, 0.2) is 70.1 Å². The second kappa shape index (κ2) is 9.65. The smallest absolute Gasteiger partial charge is 0.289 e. The molecule has 1 amide bonds. The van der Waals surface area contributed by atoms with Crippen LogP contribution in [-0.2, 0) is 13.2 Å². The van der Waals surface area contributed by atoms with Gasteiger partial charge in [0.1, 0.15) is 24.4 Å². The van der Waals surface area contributed by atoms with E-state index < -0.39 is 11.3 Å². The first-order valence-corrected chi connectivity index (χ1v) is 9.27. The Bertz CT molecular complexity index is 1040. The summed E-state index contributed by atoms with van der Waals surface area (Å²) in [5, 5.41) is 0. The lowest BCUT2D eigenvalue weighted by Crippen LogP contribution is -2.27. The van der Waals surface area contributed by atoms with Crippen molar-refractivity contribution < 1.29 is 23.4 Å². The van der Waals surface area contributed by atoms with Crippen molar-refractivity contribution in [2.45, 2.75) is 13.2 Å². The molecule has 1 heterocycles. The predicted molar refractivity (Wildman–Crippen MR) is 111 cm³/mol. The van der Waals surface area contributed by atoms with Gasteiger partial charge >= 0.3 is 0 Å². The first-order valence-electron chi connectivity index (χ1n) is 9.27. The number of nitrogens with zero attached hydrogens (tertiary/aromatic N) is 1. The lowest BCUT2D eigenvalue weighted by molar-refractivity contribution is 0.0749. The molecule has 1 aromatic heterocycles. The van der Waals surface area contributed by atoms with Crippen LogP contribution in [0.1, 0.15) is 21.7 Å². The highest BCUT2D eigenvalue weighted by Crippen LogP contribution is 2.23. The number of amides is 1. The van der Waals surface area contributed by atoms with Crippen molar-refractivity contribution in [3.63, 3.8) is 0 Å². The van der Waals surface area contributed by atoms with E-state index in [0.717, 1.165) is 17.2 Å². The quantitative estimate of drug-likeness (QED) is 0.567. The molecular weight excluding hydrogens is 386 g/mol. The van der Waals surface area contributed by atoms with Gasteiger partial charge < -0.3 is 23.5 Å². The maximum absolute atomic E-state index is 12.7. The number of benzene rings is 2. The fraction of sp³-hybridized carbons (Fsp3) is 0.217. The third kappa shape index (κ3) is 5.20. The third-order valence-electron chi connectivity index (χ3n) is 4.42. The van der Waals surface area contributed by atoms with Gasteiger partial charge in [0.2, 0.25) is 11.2 Å². The van der Waals surface area contributed by atoms with Gasteiger partial charge in [-0.25, -0.2) is 0 Å². The van der Waals surface area contributed by atoms with Gasteiger partial charge in [0.25, 0.3) is 5.91 Å². The van der Waals surface area contributed by atoms with Crippen LogP contribution < -0.4 is 19.6 Å². The molecule has 0 saturated carbocycles. The lowest BCUT2D eigenvalue weighted by atomic mass is 10.2. The summed E-state index contributed by atoms with van der Waals surface area (Å²) in [6, 6.07) is 16.0. The minimum absolute atomic E-state index is 0.0515. The minimum Gasteiger partial charge on any atom is -0.497 e. The molecule has 0 fully saturated rings. The zero-order chi connectivity index (χ0) is 21.5. The summed E-state index contributed by atoms with van der Waals surface area (Å²) >= 11 is 0. The first-order chi connectivity index (χ1) is 14.5. The topological polar surface area (TPSA) is 78.2 Å². The largest absolute Gasteiger partial charge is 0.497 e. The van der Waals surface area contributed by atoms with E-state index in [0.29, 0.717) is 11.5 Å². The van der Waals surface area contributed by atoms with Gasteiger partial charge in [-0.1, -0.05) is 30.3 Å². The summed E-state index contributed by atoms with van der Waals surface area (Å²) < 4.78 is 21.4. The second-order valence-corrected chi connectivity index (χ2v) is 6.63. The molecule has 0 spiro atoms. The number of hydrogen-bond donors (Lipinski definition) is 0. The SMILES string of the molecule is COc1cc(CN(C)C(=O)c2cc(=O)c(OCc3ccccc3)co2)cc(OC)c1. The number of hydrogen-bond acceptors (Lipinski definition) is 6. The molecule has 0 atom stereocenters. The Morgan fingerprint density at radius 1 is 0.967 bits per heavy atom. The van der Waals surface area contributed by atoms with E-state index in [1.165, 1.54) is 11.2 Å². The molecule has 156 valence electrons. The van der Waals surface area contributed by atoms with Gasteiger partial charge in [-0.2, -0.15) is 0 Å². The molecule has 0 unspecified atom stereocenters. The van der Waals surface area contributed by atoms with E-state index >= 15 is 0 Å². The summed E-state index contributed by atoms with van der Waals surface area (Å²) in [5.74, 6) is 0.803. The molecule has 3 rings (SSSR count). The second-order valence-electron chi connectivity index (χ2n) is 6.63.